The van der Waals surface area contributed by atoms with Crippen LogP contribution in [0.4, 0.5) is 5.69 Å². The second-order valence-corrected chi connectivity index (χ2v) is 9.48. The molecule has 1 heterocycles. The van der Waals surface area contributed by atoms with Crippen molar-refractivity contribution >= 4 is 97.9 Å². The maximum absolute atomic E-state index is 12.6. The molecule has 5 nitrogen and oxygen atoms in total. The molecule has 0 aliphatic rings. The Morgan fingerprint density at radius 2 is 1.65 bits per heavy atom. The second kappa shape index (κ2) is 6.57. The van der Waals surface area contributed by atoms with Crippen molar-refractivity contribution < 1.29 is 8.42 Å². The Hall–Kier alpha value is -0.260. The van der Waals surface area contributed by atoms with E-state index in [9.17, 15) is 8.42 Å². The highest BCUT2D eigenvalue weighted by atomic mass is 79.9. The Morgan fingerprint density at radius 1 is 1.04 bits per heavy atom. The predicted molar refractivity (Wildman–Crippen MR) is 103 cm³/mol. The molecule has 11 heteroatoms. The molecule has 0 spiro atoms. The SMILES string of the molecule is O=S(=O)(Nc1ccc(Cl)c2nsnc12)c1cc(Br)c(Br)c(Br)c1. The van der Waals surface area contributed by atoms with Crippen LogP contribution in [0.15, 0.2) is 42.6 Å². The van der Waals surface area contributed by atoms with Gasteiger partial charge in [-0.2, -0.15) is 8.75 Å². The summed E-state index contributed by atoms with van der Waals surface area (Å²) >= 11 is 17.0. The topological polar surface area (TPSA) is 72.0 Å². The molecule has 23 heavy (non-hydrogen) atoms. The molecule has 3 rings (SSSR count). The fourth-order valence-electron chi connectivity index (χ4n) is 1.81. The van der Waals surface area contributed by atoms with E-state index in [1.54, 1.807) is 12.1 Å². The monoisotopic (exact) mass is 559 g/mol. The van der Waals surface area contributed by atoms with Crippen molar-refractivity contribution in [1.29, 1.82) is 0 Å². The number of hydrogen-bond acceptors (Lipinski definition) is 5. The van der Waals surface area contributed by atoms with Crippen LogP contribution in [0.25, 0.3) is 11.0 Å². The Bertz CT molecular complexity index is 1000. The third-order valence-corrected chi connectivity index (χ3v) is 8.23. The summed E-state index contributed by atoms with van der Waals surface area (Å²) in [5, 5.41) is 0.422. The summed E-state index contributed by atoms with van der Waals surface area (Å²) in [5.74, 6) is 0. The van der Waals surface area contributed by atoms with Gasteiger partial charge in [-0.25, -0.2) is 8.42 Å². The molecule has 2 aromatic carbocycles. The molecule has 0 amide bonds. The molecular formula is C12H5Br3ClN3O2S2. The zero-order chi connectivity index (χ0) is 16.8. The lowest BCUT2D eigenvalue weighted by molar-refractivity contribution is 0.601. The maximum Gasteiger partial charge on any atom is 0.262 e. The van der Waals surface area contributed by atoms with Gasteiger partial charge >= 0.3 is 0 Å². The number of rotatable bonds is 3. The highest BCUT2D eigenvalue weighted by molar-refractivity contribution is 9.14. The van der Waals surface area contributed by atoms with E-state index in [2.05, 4.69) is 61.3 Å². The zero-order valence-electron chi connectivity index (χ0n) is 10.8. The third kappa shape index (κ3) is 3.42. The summed E-state index contributed by atoms with van der Waals surface area (Å²) < 4.78 is 37.9. The minimum Gasteiger partial charge on any atom is -0.277 e. The number of sulfonamides is 1. The lowest BCUT2D eigenvalue weighted by Gasteiger charge is -2.10. The van der Waals surface area contributed by atoms with E-state index < -0.39 is 10.0 Å². The van der Waals surface area contributed by atoms with Gasteiger partial charge in [-0.05, 0) is 72.1 Å². The number of benzene rings is 2. The van der Waals surface area contributed by atoms with Crippen molar-refractivity contribution in [3.63, 3.8) is 0 Å². The first-order valence-corrected chi connectivity index (χ1v) is 10.8. The molecule has 0 radical (unpaired) electrons. The summed E-state index contributed by atoms with van der Waals surface area (Å²) in [5.41, 5.74) is 1.21. The smallest absolute Gasteiger partial charge is 0.262 e. The van der Waals surface area contributed by atoms with Crippen molar-refractivity contribution in [2.24, 2.45) is 0 Å². The molecule has 0 atom stereocenters. The van der Waals surface area contributed by atoms with E-state index in [1.807, 2.05) is 0 Å². The second-order valence-electron chi connectivity index (χ2n) is 4.36. The quantitative estimate of drug-likeness (QED) is 0.432. The normalized spacial score (nSPS) is 11.8. The highest BCUT2D eigenvalue weighted by Crippen LogP contribution is 2.35. The lowest BCUT2D eigenvalue weighted by atomic mass is 10.3. The van der Waals surface area contributed by atoms with Crippen molar-refractivity contribution in [3.8, 4) is 0 Å². The number of aromatic nitrogens is 2. The van der Waals surface area contributed by atoms with Crippen LogP contribution in [0.1, 0.15) is 0 Å². The molecule has 1 aromatic heterocycles. The number of nitrogens with zero attached hydrogens (tertiary/aromatic N) is 2. The molecule has 0 bridgehead atoms. The summed E-state index contributed by atoms with van der Waals surface area (Å²) in [6.07, 6.45) is 0. The zero-order valence-corrected chi connectivity index (χ0v) is 18.0. The average molecular weight is 562 g/mol. The molecule has 3 aromatic rings. The van der Waals surface area contributed by atoms with Crippen LogP contribution < -0.4 is 4.72 Å². The van der Waals surface area contributed by atoms with E-state index in [-0.39, 0.29) is 4.90 Å². The molecule has 0 aliphatic carbocycles. The van der Waals surface area contributed by atoms with Gasteiger partial charge in [0.2, 0.25) is 0 Å². The average Bonchev–Trinajstić information content (AvgIpc) is 2.97. The Balaban J connectivity index is 2.07. The minimum atomic E-state index is -3.79. The summed E-state index contributed by atoms with van der Waals surface area (Å²) in [6, 6.07) is 6.15. The maximum atomic E-state index is 12.6. The molecule has 0 fully saturated rings. The van der Waals surface area contributed by atoms with Crippen LogP contribution >= 0.6 is 71.1 Å². The Labute approximate surface area is 166 Å². The van der Waals surface area contributed by atoms with Crippen LogP contribution in [0, 0.1) is 0 Å². The van der Waals surface area contributed by atoms with E-state index in [1.165, 1.54) is 12.1 Å². The van der Waals surface area contributed by atoms with Crippen molar-refractivity contribution in [2.75, 3.05) is 4.72 Å². The van der Waals surface area contributed by atoms with Crippen LogP contribution in [-0.2, 0) is 10.0 Å². The van der Waals surface area contributed by atoms with E-state index in [4.69, 9.17) is 11.6 Å². The van der Waals surface area contributed by atoms with Gasteiger partial charge in [0.15, 0.2) is 0 Å². The predicted octanol–water partition coefficient (Wildman–Crippen LogP) is 5.43. The number of halogens is 4. The summed E-state index contributed by atoms with van der Waals surface area (Å²) in [4.78, 5) is 0.103. The van der Waals surface area contributed by atoms with Gasteiger partial charge in [-0.3, -0.25) is 4.72 Å². The van der Waals surface area contributed by atoms with Crippen LogP contribution in [0.2, 0.25) is 5.02 Å². The first-order chi connectivity index (χ1) is 10.8. The van der Waals surface area contributed by atoms with Gasteiger partial charge in [-0.15, -0.1) is 0 Å². The first-order valence-electron chi connectivity index (χ1n) is 5.88. The molecule has 0 saturated carbocycles. The number of fused-ring (bicyclic) bond motifs is 1. The number of anilines is 1. The Morgan fingerprint density at radius 3 is 2.30 bits per heavy atom. The molecule has 120 valence electrons. The van der Waals surface area contributed by atoms with Gasteiger partial charge in [0, 0.05) is 13.4 Å². The van der Waals surface area contributed by atoms with Crippen LogP contribution in [-0.4, -0.2) is 17.2 Å². The van der Waals surface area contributed by atoms with Crippen LogP contribution in [0.5, 0.6) is 0 Å². The van der Waals surface area contributed by atoms with Gasteiger partial charge in [-0.1, -0.05) is 11.6 Å². The van der Waals surface area contributed by atoms with Crippen LogP contribution in [0.3, 0.4) is 0 Å². The number of hydrogen-bond donors (Lipinski definition) is 1. The highest BCUT2D eigenvalue weighted by Gasteiger charge is 2.20. The van der Waals surface area contributed by atoms with E-state index in [0.717, 1.165) is 16.2 Å². The summed E-state index contributed by atoms with van der Waals surface area (Å²) in [7, 11) is -3.79. The lowest BCUT2D eigenvalue weighted by Crippen LogP contribution is -2.13. The minimum absolute atomic E-state index is 0.103. The van der Waals surface area contributed by atoms with Gasteiger partial charge in [0.1, 0.15) is 11.0 Å². The van der Waals surface area contributed by atoms with E-state index in [0.29, 0.717) is 30.7 Å². The summed E-state index contributed by atoms with van der Waals surface area (Å²) in [6.45, 7) is 0. The molecule has 0 unspecified atom stereocenters. The van der Waals surface area contributed by atoms with Crippen molar-refractivity contribution in [3.05, 3.63) is 42.7 Å². The molecule has 1 N–H and O–H groups in total. The molecular weight excluding hydrogens is 557 g/mol. The van der Waals surface area contributed by atoms with Crippen molar-refractivity contribution in [2.45, 2.75) is 4.90 Å². The number of nitrogens with one attached hydrogen (secondary N) is 1. The third-order valence-electron chi connectivity index (χ3n) is 2.88. The van der Waals surface area contributed by atoms with Gasteiger partial charge < -0.3 is 0 Å². The van der Waals surface area contributed by atoms with E-state index >= 15 is 0 Å². The largest absolute Gasteiger partial charge is 0.277 e. The first kappa shape index (κ1) is 17.6. The fraction of sp³-hybridized carbons (Fsp3) is 0. The van der Waals surface area contributed by atoms with Crippen molar-refractivity contribution in [1.82, 2.24) is 8.75 Å². The fourth-order valence-corrected chi connectivity index (χ4v) is 5.46. The molecule has 0 saturated heterocycles. The standard InChI is InChI=1S/C12H5Br3ClN3O2S2/c13-6-3-5(4-7(14)10(6)15)23(20,21)19-9-2-1-8(16)11-12(9)18-22-17-11/h1-4,19H. The Kier molecular flexibility index (Phi) is 5.01. The molecule has 0 aliphatic heterocycles. The van der Waals surface area contributed by atoms with Gasteiger partial charge in [0.05, 0.1) is 27.3 Å². The van der Waals surface area contributed by atoms with Gasteiger partial charge in [0.25, 0.3) is 10.0 Å².